The van der Waals surface area contributed by atoms with Crippen molar-refractivity contribution >= 4 is 5.97 Å². The molecule has 0 aliphatic heterocycles. The summed E-state index contributed by atoms with van der Waals surface area (Å²) in [6.07, 6.45) is 5.51. The maximum absolute atomic E-state index is 11.7. The van der Waals surface area contributed by atoms with E-state index in [2.05, 4.69) is 19.9 Å². The van der Waals surface area contributed by atoms with E-state index in [4.69, 9.17) is 9.47 Å². The predicted octanol–water partition coefficient (Wildman–Crippen LogP) is 4.29. The lowest BCUT2D eigenvalue weighted by Gasteiger charge is -2.04. The fourth-order valence-electron chi connectivity index (χ4n) is 1.65. The molecule has 1 aromatic rings. The van der Waals surface area contributed by atoms with Crippen LogP contribution in [0.3, 0.4) is 0 Å². The van der Waals surface area contributed by atoms with E-state index < -0.39 is 0 Å². The molecule has 0 radical (unpaired) electrons. The Morgan fingerprint density at radius 1 is 1.10 bits per heavy atom. The minimum absolute atomic E-state index is 0.343. The summed E-state index contributed by atoms with van der Waals surface area (Å²) in [7, 11) is 1.60. The molecule has 0 unspecified atom stereocenters. The summed E-state index contributed by atoms with van der Waals surface area (Å²) >= 11 is 0. The Morgan fingerprint density at radius 2 is 1.70 bits per heavy atom. The monoisotopic (exact) mass is 274 g/mol. The Labute approximate surface area is 120 Å². The van der Waals surface area contributed by atoms with Gasteiger partial charge in [0, 0.05) is 6.08 Å². The summed E-state index contributed by atoms with van der Waals surface area (Å²) in [5.74, 6) is 0.909. The highest BCUT2D eigenvalue weighted by Crippen LogP contribution is 2.17. The highest BCUT2D eigenvalue weighted by molar-refractivity contribution is 5.84. The third kappa shape index (κ3) is 6.23. The number of benzene rings is 1. The van der Waals surface area contributed by atoms with Crippen molar-refractivity contribution < 1.29 is 14.3 Å². The van der Waals surface area contributed by atoms with Gasteiger partial charge in [0.15, 0.2) is 0 Å². The normalized spacial score (nSPS) is 10.9. The fraction of sp³-hybridized carbons (Fsp3) is 0.353. The molecule has 1 rings (SSSR count). The lowest BCUT2D eigenvalue weighted by Crippen LogP contribution is -2.04. The average Bonchev–Trinajstić information content (AvgIpc) is 2.38. The fourth-order valence-corrected chi connectivity index (χ4v) is 1.65. The molecule has 108 valence electrons. The topological polar surface area (TPSA) is 35.5 Å². The van der Waals surface area contributed by atoms with Crippen LogP contribution in [-0.2, 0) is 4.79 Å². The van der Waals surface area contributed by atoms with Crippen molar-refractivity contribution in [2.24, 2.45) is 0 Å². The zero-order valence-electron chi connectivity index (χ0n) is 12.6. The van der Waals surface area contributed by atoms with Crippen LogP contribution in [0.4, 0.5) is 0 Å². The van der Waals surface area contributed by atoms with E-state index in [1.54, 1.807) is 37.5 Å². The van der Waals surface area contributed by atoms with Gasteiger partial charge in [0.25, 0.3) is 0 Å². The molecular weight excluding hydrogens is 252 g/mol. The van der Waals surface area contributed by atoms with Crippen LogP contribution in [-0.4, -0.2) is 13.1 Å². The Balaban J connectivity index is 2.50. The first-order valence-electron chi connectivity index (χ1n) is 6.67. The molecule has 0 amide bonds. The molecule has 1 aromatic carbocycles. The molecular formula is C17H22O3. The van der Waals surface area contributed by atoms with Crippen molar-refractivity contribution in [3.8, 4) is 11.5 Å². The summed E-state index contributed by atoms with van der Waals surface area (Å²) in [5.41, 5.74) is 2.31. The van der Waals surface area contributed by atoms with Crippen molar-refractivity contribution in [2.45, 2.75) is 33.6 Å². The van der Waals surface area contributed by atoms with Crippen molar-refractivity contribution in [1.82, 2.24) is 0 Å². The van der Waals surface area contributed by atoms with Crippen LogP contribution in [0.15, 0.2) is 47.6 Å². The molecule has 20 heavy (non-hydrogen) atoms. The van der Waals surface area contributed by atoms with Crippen LogP contribution in [0, 0.1) is 0 Å². The number of rotatable bonds is 6. The highest BCUT2D eigenvalue weighted by atomic mass is 16.5. The summed E-state index contributed by atoms with van der Waals surface area (Å²) < 4.78 is 10.3. The number of allylic oxidation sites excluding steroid dienone is 3. The molecule has 0 aromatic heterocycles. The lowest BCUT2D eigenvalue weighted by molar-refractivity contribution is -0.129. The standard InChI is InChI=1S/C17H22O3/c1-13(2)6-5-7-14(3)12-17(18)20-16-10-8-15(19-4)9-11-16/h6,8-12H,5,7H2,1-4H3/b14-12+. The molecule has 0 heterocycles. The van der Waals surface area contributed by atoms with Crippen LogP contribution in [0.25, 0.3) is 0 Å². The van der Waals surface area contributed by atoms with E-state index >= 15 is 0 Å². The molecule has 0 fully saturated rings. The molecule has 0 saturated carbocycles. The number of carbonyl (C=O) groups excluding carboxylic acids is 1. The third-order valence-electron chi connectivity index (χ3n) is 2.73. The molecule has 0 aliphatic carbocycles. The van der Waals surface area contributed by atoms with Crippen LogP contribution >= 0.6 is 0 Å². The highest BCUT2D eigenvalue weighted by Gasteiger charge is 2.02. The third-order valence-corrected chi connectivity index (χ3v) is 2.73. The van der Waals surface area contributed by atoms with Crippen molar-refractivity contribution in [1.29, 1.82) is 0 Å². The van der Waals surface area contributed by atoms with Gasteiger partial charge in [0.2, 0.25) is 0 Å². The second-order valence-corrected chi connectivity index (χ2v) is 4.91. The van der Waals surface area contributed by atoms with Gasteiger partial charge in [-0.3, -0.25) is 0 Å². The van der Waals surface area contributed by atoms with E-state index in [0.717, 1.165) is 24.2 Å². The lowest BCUT2D eigenvalue weighted by atomic mass is 10.1. The summed E-state index contributed by atoms with van der Waals surface area (Å²) in [4.78, 5) is 11.7. The molecule has 0 spiro atoms. The zero-order chi connectivity index (χ0) is 15.0. The van der Waals surface area contributed by atoms with Crippen molar-refractivity contribution in [3.63, 3.8) is 0 Å². The molecule has 0 bridgehead atoms. The Morgan fingerprint density at radius 3 is 2.25 bits per heavy atom. The minimum atomic E-state index is -0.343. The number of hydrogen-bond acceptors (Lipinski definition) is 3. The van der Waals surface area contributed by atoms with E-state index in [-0.39, 0.29) is 5.97 Å². The molecule has 3 heteroatoms. The second-order valence-electron chi connectivity index (χ2n) is 4.91. The molecule has 0 atom stereocenters. The van der Waals surface area contributed by atoms with Gasteiger partial charge in [-0.2, -0.15) is 0 Å². The Bertz CT molecular complexity index is 491. The number of ether oxygens (including phenoxy) is 2. The van der Waals surface area contributed by atoms with Crippen LogP contribution in [0.5, 0.6) is 11.5 Å². The number of hydrogen-bond donors (Lipinski definition) is 0. The van der Waals surface area contributed by atoms with Gasteiger partial charge in [-0.05, 0) is 57.9 Å². The van der Waals surface area contributed by atoms with E-state index in [9.17, 15) is 4.79 Å². The first-order chi connectivity index (χ1) is 9.51. The minimum Gasteiger partial charge on any atom is -0.497 e. The van der Waals surface area contributed by atoms with Crippen molar-refractivity contribution in [3.05, 3.63) is 47.6 Å². The summed E-state index contributed by atoms with van der Waals surface area (Å²) in [6.45, 7) is 6.07. The van der Waals surface area contributed by atoms with E-state index in [0.29, 0.717) is 5.75 Å². The van der Waals surface area contributed by atoms with Gasteiger partial charge >= 0.3 is 5.97 Å². The van der Waals surface area contributed by atoms with Gasteiger partial charge in [-0.1, -0.05) is 17.2 Å². The number of carbonyl (C=O) groups is 1. The first-order valence-corrected chi connectivity index (χ1v) is 6.67. The second kappa shape index (κ2) is 8.20. The largest absolute Gasteiger partial charge is 0.497 e. The summed E-state index contributed by atoms with van der Waals surface area (Å²) in [5, 5.41) is 0. The molecule has 0 saturated heterocycles. The predicted molar refractivity (Wildman–Crippen MR) is 81.1 cm³/mol. The van der Waals surface area contributed by atoms with E-state index in [1.807, 2.05) is 6.92 Å². The van der Waals surface area contributed by atoms with Crippen LogP contribution in [0.2, 0.25) is 0 Å². The molecule has 3 nitrogen and oxygen atoms in total. The zero-order valence-corrected chi connectivity index (χ0v) is 12.6. The van der Waals surface area contributed by atoms with Gasteiger partial charge in [-0.25, -0.2) is 4.79 Å². The van der Waals surface area contributed by atoms with Crippen molar-refractivity contribution in [2.75, 3.05) is 7.11 Å². The van der Waals surface area contributed by atoms with Gasteiger partial charge in [-0.15, -0.1) is 0 Å². The molecule has 0 aliphatic rings. The quantitative estimate of drug-likeness (QED) is 0.336. The maximum atomic E-state index is 11.7. The molecule has 0 N–H and O–H groups in total. The average molecular weight is 274 g/mol. The van der Waals surface area contributed by atoms with Crippen LogP contribution < -0.4 is 9.47 Å². The Kier molecular flexibility index (Phi) is 6.57. The van der Waals surface area contributed by atoms with Gasteiger partial charge in [0.05, 0.1) is 7.11 Å². The number of esters is 1. The smallest absolute Gasteiger partial charge is 0.336 e. The van der Waals surface area contributed by atoms with Gasteiger partial charge in [0.1, 0.15) is 11.5 Å². The SMILES string of the molecule is COc1ccc(OC(=O)/C=C(\C)CCC=C(C)C)cc1. The van der Waals surface area contributed by atoms with Gasteiger partial charge < -0.3 is 9.47 Å². The Hall–Kier alpha value is -2.03. The van der Waals surface area contributed by atoms with E-state index in [1.165, 1.54) is 5.57 Å². The first kappa shape index (κ1) is 16.0. The number of methoxy groups -OCH3 is 1. The van der Waals surface area contributed by atoms with Crippen LogP contribution in [0.1, 0.15) is 33.6 Å². The summed E-state index contributed by atoms with van der Waals surface area (Å²) in [6, 6.07) is 6.94. The maximum Gasteiger partial charge on any atom is 0.336 e.